The van der Waals surface area contributed by atoms with E-state index >= 15 is 0 Å². The van der Waals surface area contributed by atoms with Gasteiger partial charge in [0.1, 0.15) is 0 Å². The molecule has 126 valence electrons. The number of rotatable bonds is 6. The molecule has 0 aliphatic heterocycles. The summed E-state index contributed by atoms with van der Waals surface area (Å²) in [6.45, 7) is 5.48. The molecular weight excluding hydrogens is 304 g/mol. The monoisotopic (exact) mass is 328 g/mol. The number of allylic oxidation sites excluding steroid dienone is 1. The predicted octanol–water partition coefficient (Wildman–Crippen LogP) is 6.59. The predicted molar refractivity (Wildman–Crippen MR) is 107 cm³/mol. The SMILES string of the molecule is C/C=C/c1cc(COCC)ccc1-c1ccc(-c2ccccc2)cc1. The van der Waals surface area contributed by atoms with Crippen molar-refractivity contribution in [1.29, 1.82) is 0 Å². The van der Waals surface area contributed by atoms with E-state index in [4.69, 9.17) is 4.74 Å². The molecule has 3 aromatic rings. The van der Waals surface area contributed by atoms with Crippen LogP contribution in [-0.2, 0) is 11.3 Å². The maximum absolute atomic E-state index is 5.54. The Balaban J connectivity index is 1.92. The summed E-state index contributed by atoms with van der Waals surface area (Å²) in [5, 5.41) is 0. The van der Waals surface area contributed by atoms with Crippen LogP contribution in [0.4, 0.5) is 0 Å². The topological polar surface area (TPSA) is 9.23 Å². The van der Waals surface area contributed by atoms with Gasteiger partial charge in [0.15, 0.2) is 0 Å². The third-order valence-electron chi connectivity index (χ3n) is 4.24. The van der Waals surface area contributed by atoms with Gasteiger partial charge in [0.2, 0.25) is 0 Å². The second-order valence-electron chi connectivity index (χ2n) is 6.00. The molecule has 0 atom stereocenters. The normalized spacial score (nSPS) is 11.1. The molecule has 0 bridgehead atoms. The minimum absolute atomic E-state index is 0.661. The standard InChI is InChI=1S/C24H24O/c1-3-8-23-17-19(18-25-4-2)11-16-24(23)22-14-12-21(13-15-22)20-9-6-5-7-10-20/h3,5-17H,4,18H2,1-2H3/b8-3+. The summed E-state index contributed by atoms with van der Waals surface area (Å²) >= 11 is 0. The molecular formula is C24H24O. The van der Waals surface area contributed by atoms with Crippen LogP contribution in [0, 0.1) is 0 Å². The van der Waals surface area contributed by atoms with Gasteiger partial charge in [0, 0.05) is 6.61 Å². The van der Waals surface area contributed by atoms with E-state index in [0.29, 0.717) is 6.61 Å². The van der Waals surface area contributed by atoms with Gasteiger partial charge in [-0.15, -0.1) is 0 Å². The van der Waals surface area contributed by atoms with Crippen LogP contribution in [0.15, 0.2) is 78.9 Å². The van der Waals surface area contributed by atoms with E-state index in [1.54, 1.807) is 0 Å². The maximum Gasteiger partial charge on any atom is 0.0716 e. The van der Waals surface area contributed by atoms with E-state index < -0.39 is 0 Å². The fourth-order valence-electron chi connectivity index (χ4n) is 2.98. The molecule has 0 spiro atoms. The van der Waals surface area contributed by atoms with Crippen molar-refractivity contribution >= 4 is 6.08 Å². The first-order valence-corrected chi connectivity index (χ1v) is 8.81. The average molecular weight is 328 g/mol. The molecule has 1 heteroatoms. The van der Waals surface area contributed by atoms with Crippen LogP contribution >= 0.6 is 0 Å². The van der Waals surface area contributed by atoms with Crippen molar-refractivity contribution < 1.29 is 4.74 Å². The van der Waals surface area contributed by atoms with Crippen LogP contribution in [0.3, 0.4) is 0 Å². The summed E-state index contributed by atoms with van der Waals surface area (Å²) in [7, 11) is 0. The Morgan fingerprint density at radius 1 is 0.800 bits per heavy atom. The van der Waals surface area contributed by atoms with Gasteiger partial charge in [-0.05, 0) is 53.3 Å². The van der Waals surface area contributed by atoms with Gasteiger partial charge in [-0.1, -0.05) is 78.9 Å². The van der Waals surface area contributed by atoms with E-state index in [9.17, 15) is 0 Å². The molecule has 1 nitrogen and oxygen atoms in total. The van der Waals surface area contributed by atoms with Crippen LogP contribution in [-0.4, -0.2) is 6.61 Å². The molecule has 0 amide bonds. The Morgan fingerprint density at radius 3 is 2.16 bits per heavy atom. The number of benzene rings is 3. The van der Waals surface area contributed by atoms with E-state index in [2.05, 4.69) is 85.8 Å². The second-order valence-corrected chi connectivity index (χ2v) is 6.00. The number of hydrogen-bond donors (Lipinski definition) is 0. The zero-order valence-electron chi connectivity index (χ0n) is 14.9. The molecule has 3 aromatic carbocycles. The lowest BCUT2D eigenvalue weighted by Crippen LogP contribution is -1.93. The summed E-state index contributed by atoms with van der Waals surface area (Å²) in [6.07, 6.45) is 4.25. The fourth-order valence-corrected chi connectivity index (χ4v) is 2.98. The smallest absolute Gasteiger partial charge is 0.0716 e. The molecule has 25 heavy (non-hydrogen) atoms. The van der Waals surface area contributed by atoms with Crippen LogP contribution in [0.1, 0.15) is 25.0 Å². The largest absolute Gasteiger partial charge is 0.377 e. The Hall–Kier alpha value is -2.64. The Morgan fingerprint density at radius 2 is 1.48 bits per heavy atom. The molecule has 0 aromatic heterocycles. The highest BCUT2D eigenvalue weighted by Crippen LogP contribution is 2.29. The lowest BCUT2D eigenvalue weighted by atomic mass is 9.95. The first-order chi connectivity index (χ1) is 12.3. The molecule has 0 aliphatic rings. The summed E-state index contributed by atoms with van der Waals surface area (Å²) in [6, 6.07) is 25.8. The average Bonchev–Trinajstić information content (AvgIpc) is 2.68. The van der Waals surface area contributed by atoms with Crippen molar-refractivity contribution in [2.45, 2.75) is 20.5 Å². The van der Waals surface area contributed by atoms with Gasteiger partial charge in [-0.3, -0.25) is 0 Å². The molecule has 3 rings (SSSR count). The highest BCUT2D eigenvalue weighted by molar-refractivity contribution is 5.77. The van der Waals surface area contributed by atoms with E-state index in [-0.39, 0.29) is 0 Å². The van der Waals surface area contributed by atoms with Gasteiger partial charge in [0.05, 0.1) is 6.61 Å². The lowest BCUT2D eigenvalue weighted by molar-refractivity contribution is 0.134. The van der Waals surface area contributed by atoms with Crippen LogP contribution in [0.5, 0.6) is 0 Å². The first kappa shape index (κ1) is 17.2. The number of hydrogen-bond acceptors (Lipinski definition) is 1. The van der Waals surface area contributed by atoms with E-state index in [1.807, 2.05) is 13.0 Å². The minimum Gasteiger partial charge on any atom is -0.377 e. The van der Waals surface area contributed by atoms with Gasteiger partial charge in [-0.2, -0.15) is 0 Å². The van der Waals surface area contributed by atoms with Gasteiger partial charge >= 0.3 is 0 Å². The molecule has 0 saturated heterocycles. The molecule has 0 fully saturated rings. The highest BCUT2D eigenvalue weighted by atomic mass is 16.5. The molecule has 0 aliphatic carbocycles. The van der Waals surface area contributed by atoms with Gasteiger partial charge in [0.25, 0.3) is 0 Å². The van der Waals surface area contributed by atoms with Crippen LogP contribution in [0.2, 0.25) is 0 Å². The molecule has 0 radical (unpaired) electrons. The third-order valence-corrected chi connectivity index (χ3v) is 4.24. The van der Waals surface area contributed by atoms with Crippen molar-refractivity contribution in [3.05, 3.63) is 90.0 Å². The zero-order chi connectivity index (χ0) is 17.5. The van der Waals surface area contributed by atoms with Crippen LogP contribution < -0.4 is 0 Å². The van der Waals surface area contributed by atoms with Crippen molar-refractivity contribution in [1.82, 2.24) is 0 Å². The van der Waals surface area contributed by atoms with Crippen LogP contribution in [0.25, 0.3) is 28.3 Å². The summed E-state index contributed by atoms with van der Waals surface area (Å²) in [5.41, 5.74) is 7.40. The Bertz CT molecular complexity index is 830. The van der Waals surface area contributed by atoms with Crippen molar-refractivity contribution in [2.24, 2.45) is 0 Å². The molecule has 0 N–H and O–H groups in total. The van der Waals surface area contributed by atoms with E-state index in [0.717, 1.165) is 6.61 Å². The second kappa shape index (κ2) is 8.46. The summed E-state index contributed by atoms with van der Waals surface area (Å²) in [5.74, 6) is 0. The van der Waals surface area contributed by atoms with Crippen molar-refractivity contribution in [3.63, 3.8) is 0 Å². The first-order valence-electron chi connectivity index (χ1n) is 8.81. The third kappa shape index (κ3) is 4.26. The quantitative estimate of drug-likeness (QED) is 0.496. The highest BCUT2D eigenvalue weighted by Gasteiger charge is 2.06. The Labute approximate surface area is 150 Å². The lowest BCUT2D eigenvalue weighted by Gasteiger charge is -2.11. The summed E-state index contributed by atoms with van der Waals surface area (Å²) < 4.78 is 5.54. The van der Waals surface area contributed by atoms with Crippen molar-refractivity contribution in [3.8, 4) is 22.3 Å². The van der Waals surface area contributed by atoms with Crippen molar-refractivity contribution in [2.75, 3.05) is 6.61 Å². The van der Waals surface area contributed by atoms with Gasteiger partial charge in [-0.25, -0.2) is 0 Å². The maximum atomic E-state index is 5.54. The fraction of sp³-hybridized carbons (Fsp3) is 0.167. The Kier molecular flexibility index (Phi) is 5.81. The molecule has 0 heterocycles. The molecule has 0 saturated carbocycles. The molecule has 0 unspecified atom stereocenters. The minimum atomic E-state index is 0.661. The van der Waals surface area contributed by atoms with E-state index in [1.165, 1.54) is 33.4 Å². The number of ether oxygens (including phenoxy) is 1. The summed E-state index contributed by atoms with van der Waals surface area (Å²) in [4.78, 5) is 0. The van der Waals surface area contributed by atoms with Gasteiger partial charge < -0.3 is 4.74 Å². The zero-order valence-corrected chi connectivity index (χ0v) is 14.9.